The van der Waals surface area contributed by atoms with Crippen molar-refractivity contribution in [2.24, 2.45) is 5.41 Å². The predicted octanol–water partition coefficient (Wildman–Crippen LogP) is 4.51. The molecule has 0 aromatic heterocycles. The molecule has 0 aliphatic carbocycles. The van der Waals surface area contributed by atoms with Gasteiger partial charge in [-0.1, -0.05) is 81.4 Å². The van der Waals surface area contributed by atoms with Gasteiger partial charge >= 0.3 is 12.2 Å². The lowest BCUT2D eigenvalue weighted by Crippen LogP contribution is -2.65. The average molecular weight is 384 g/mol. The van der Waals surface area contributed by atoms with Crippen LogP contribution in [-0.2, 0) is 16.9 Å². The molecule has 1 unspecified atom stereocenters. The first-order valence-corrected chi connectivity index (χ1v) is 9.20. The number of carboxylic acid groups (broad SMARTS) is 1. The van der Waals surface area contributed by atoms with Gasteiger partial charge in [0.25, 0.3) is 0 Å². The minimum atomic E-state index is -1.16. The van der Waals surface area contributed by atoms with Gasteiger partial charge in [-0.15, -0.1) is 0 Å². The smallest absolute Gasteiger partial charge is 0.408 e. The predicted molar refractivity (Wildman–Crippen MR) is 108 cm³/mol. The second kappa shape index (κ2) is 8.78. The molecule has 6 nitrogen and oxygen atoms in total. The summed E-state index contributed by atoms with van der Waals surface area (Å²) in [4.78, 5) is 24.1. The number of ether oxygens (including phenoxy) is 1. The first kappa shape index (κ1) is 21.3. The first-order valence-electron chi connectivity index (χ1n) is 9.20. The van der Waals surface area contributed by atoms with Crippen molar-refractivity contribution in [3.63, 3.8) is 0 Å². The Kier molecular flexibility index (Phi) is 6.67. The zero-order valence-electron chi connectivity index (χ0n) is 16.7. The Labute approximate surface area is 165 Å². The number of alkyl carbamates (subject to hydrolysis) is 1. The minimum Gasteiger partial charge on any atom is -0.465 e. The number of hydrogen-bond donors (Lipinski definition) is 3. The van der Waals surface area contributed by atoms with Crippen molar-refractivity contribution in [3.8, 4) is 0 Å². The number of rotatable bonds is 6. The summed E-state index contributed by atoms with van der Waals surface area (Å²) < 4.78 is 5.43. The molecular weight excluding hydrogens is 356 g/mol. The van der Waals surface area contributed by atoms with Crippen molar-refractivity contribution in [1.82, 2.24) is 10.6 Å². The molecule has 2 amide bonds. The van der Waals surface area contributed by atoms with E-state index in [0.29, 0.717) is 0 Å². The number of hydrogen-bond acceptors (Lipinski definition) is 3. The number of nitrogens with one attached hydrogen (secondary N) is 2. The van der Waals surface area contributed by atoms with Crippen LogP contribution in [0, 0.1) is 5.41 Å². The van der Waals surface area contributed by atoms with Crippen molar-refractivity contribution >= 4 is 12.2 Å². The van der Waals surface area contributed by atoms with Gasteiger partial charge in [0.2, 0.25) is 0 Å². The fourth-order valence-corrected chi connectivity index (χ4v) is 3.62. The van der Waals surface area contributed by atoms with E-state index < -0.39 is 29.2 Å². The van der Waals surface area contributed by atoms with Gasteiger partial charge in [0.1, 0.15) is 6.61 Å². The van der Waals surface area contributed by atoms with E-state index in [9.17, 15) is 14.7 Å². The van der Waals surface area contributed by atoms with Gasteiger partial charge in [0.15, 0.2) is 0 Å². The minimum absolute atomic E-state index is 0.127. The summed E-state index contributed by atoms with van der Waals surface area (Å²) in [6.07, 6.45) is -1.77. The highest BCUT2D eigenvalue weighted by Gasteiger charge is 2.50. The Balaban J connectivity index is 2.36. The van der Waals surface area contributed by atoms with Crippen LogP contribution in [0.4, 0.5) is 9.59 Å². The van der Waals surface area contributed by atoms with E-state index >= 15 is 0 Å². The molecule has 0 saturated carbocycles. The van der Waals surface area contributed by atoms with E-state index in [1.165, 1.54) is 0 Å². The van der Waals surface area contributed by atoms with Crippen molar-refractivity contribution in [2.45, 2.75) is 45.9 Å². The van der Waals surface area contributed by atoms with E-state index in [1.807, 2.05) is 81.4 Å². The molecule has 2 aromatic carbocycles. The average Bonchev–Trinajstić information content (AvgIpc) is 2.64. The number of carbonyl (C=O) groups is 2. The second-order valence-corrected chi connectivity index (χ2v) is 7.78. The Bertz CT molecular complexity index is 787. The van der Waals surface area contributed by atoms with E-state index in [4.69, 9.17) is 4.74 Å². The summed E-state index contributed by atoms with van der Waals surface area (Å²) in [7, 11) is 0. The molecular formula is C22H28N2O4. The van der Waals surface area contributed by atoms with Crippen LogP contribution in [0.15, 0.2) is 60.7 Å². The molecule has 6 heteroatoms. The highest BCUT2D eigenvalue weighted by atomic mass is 16.5. The van der Waals surface area contributed by atoms with E-state index in [1.54, 1.807) is 6.92 Å². The quantitative estimate of drug-likeness (QED) is 0.684. The molecule has 0 aliphatic heterocycles. The molecule has 150 valence electrons. The third-order valence-corrected chi connectivity index (χ3v) is 4.91. The maximum absolute atomic E-state index is 12.7. The van der Waals surface area contributed by atoms with Crippen LogP contribution in [0.3, 0.4) is 0 Å². The third-order valence-electron chi connectivity index (χ3n) is 4.91. The molecule has 28 heavy (non-hydrogen) atoms. The van der Waals surface area contributed by atoms with Crippen molar-refractivity contribution < 1.29 is 19.4 Å². The lowest BCUT2D eigenvalue weighted by Gasteiger charge is -2.49. The van der Waals surface area contributed by atoms with Gasteiger partial charge in [0.05, 0.1) is 11.6 Å². The van der Waals surface area contributed by atoms with Gasteiger partial charge in [-0.3, -0.25) is 0 Å². The molecule has 0 bridgehead atoms. The molecule has 0 radical (unpaired) electrons. The Hall–Kier alpha value is -3.02. The first-order chi connectivity index (χ1) is 13.2. The monoisotopic (exact) mass is 384 g/mol. The van der Waals surface area contributed by atoms with E-state index in [0.717, 1.165) is 11.1 Å². The summed E-state index contributed by atoms with van der Waals surface area (Å²) in [6, 6.07) is 18.1. The van der Waals surface area contributed by atoms with Gasteiger partial charge in [-0.25, -0.2) is 9.59 Å². The van der Waals surface area contributed by atoms with E-state index in [-0.39, 0.29) is 6.61 Å². The maximum atomic E-state index is 12.7. The van der Waals surface area contributed by atoms with Crippen LogP contribution < -0.4 is 10.6 Å². The van der Waals surface area contributed by atoms with Gasteiger partial charge in [-0.05, 0) is 23.5 Å². The fraction of sp³-hybridized carbons (Fsp3) is 0.364. The molecule has 3 N–H and O–H groups in total. The highest BCUT2D eigenvalue weighted by molar-refractivity contribution is 5.70. The molecule has 2 atom stereocenters. The normalized spacial score (nSPS) is 14.4. The lowest BCUT2D eigenvalue weighted by molar-refractivity contribution is 0.0673. The summed E-state index contributed by atoms with van der Waals surface area (Å²) in [6.45, 7) is 7.73. The topological polar surface area (TPSA) is 87.7 Å². The van der Waals surface area contributed by atoms with Crippen LogP contribution in [0.25, 0.3) is 0 Å². The molecule has 0 saturated heterocycles. The van der Waals surface area contributed by atoms with Gasteiger partial charge < -0.3 is 20.5 Å². The van der Waals surface area contributed by atoms with Crippen molar-refractivity contribution in [2.75, 3.05) is 0 Å². The molecule has 2 aromatic rings. The van der Waals surface area contributed by atoms with Gasteiger partial charge in [-0.2, -0.15) is 0 Å². The maximum Gasteiger partial charge on any atom is 0.408 e. The van der Waals surface area contributed by atoms with Crippen LogP contribution >= 0.6 is 0 Å². The SMILES string of the molecule is C[C@H](NC(=O)O)C(NC(=O)OCc1ccccc1)(c1ccccc1)C(C)(C)C. The number of benzene rings is 2. The lowest BCUT2D eigenvalue weighted by atomic mass is 9.65. The Morgan fingerprint density at radius 2 is 1.54 bits per heavy atom. The van der Waals surface area contributed by atoms with E-state index in [2.05, 4.69) is 10.6 Å². The second-order valence-electron chi connectivity index (χ2n) is 7.78. The fourth-order valence-electron chi connectivity index (χ4n) is 3.62. The van der Waals surface area contributed by atoms with Crippen molar-refractivity contribution in [3.05, 3.63) is 71.8 Å². The van der Waals surface area contributed by atoms with Crippen LogP contribution in [-0.4, -0.2) is 23.3 Å². The largest absolute Gasteiger partial charge is 0.465 e. The van der Waals surface area contributed by atoms with Crippen LogP contribution in [0.2, 0.25) is 0 Å². The number of amides is 2. The Morgan fingerprint density at radius 3 is 2.04 bits per heavy atom. The Morgan fingerprint density at radius 1 is 1.00 bits per heavy atom. The van der Waals surface area contributed by atoms with Gasteiger partial charge in [0, 0.05) is 0 Å². The summed E-state index contributed by atoms with van der Waals surface area (Å²) in [5.41, 5.74) is 0.110. The van der Waals surface area contributed by atoms with Crippen LogP contribution in [0.1, 0.15) is 38.8 Å². The zero-order valence-corrected chi connectivity index (χ0v) is 16.7. The highest BCUT2D eigenvalue weighted by Crippen LogP contribution is 2.42. The molecule has 0 fully saturated rings. The summed E-state index contributed by atoms with van der Waals surface area (Å²) in [5.74, 6) is 0. The molecule has 0 spiro atoms. The molecule has 0 heterocycles. The molecule has 0 aliphatic rings. The van der Waals surface area contributed by atoms with Crippen molar-refractivity contribution in [1.29, 1.82) is 0 Å². The summed E-state index contributed by atoms with van der Waals surface area (Å²) >= 11 is 0. The number of carbonyl (C=O) groups excluding carboxylic acids is 1. The van der Waals surface area contributed by atoms with Crippen LogP contribution in [0.5, 0.6) is 0 Å². The molecule has 2 rings (SSSR count). The summed E-state index contributed by atoms with van der Waals surface area (Å²) in [5, 5.41) is 14.8. The zero-order chi connectivity index (χ0) is 20.8. The standard InChI is InChI=1S/C22H28N2O4/c1-16(23-19(25)26)22(21(2,3)4,18-13-9-6-10-14-18)24-20(27)28-15-17-11-7-5-8-12-17/h5-14,16,23H,15H2,1-4H3,(H,24,27)(H,25,26)/t16-,22?/m0/s1. The third kappa shape index (κ3) is 4.82.